The standard InChI is InChI=1S/C27H38N4O8/c1-5-36-23(32)19(13-9-10-14-21-29-25(34)39-30-21)22-20(28-24(33)38-27(2,3)4)15-16-31(22)26(35)37-17-18-11-7-6-8-12-18/h6-8,11-12,19-20,22H,5,9-10,13-17H2,1-4H3,(H,28,33)(H,29,30,34)/t19?,20-,22+/m0/s1. The van der Waals surface area contributed by atoms with E-state index < -0.39 is 47.5 Å². The van der Waals surface area contributed by atoms with Crippen LogP contribution in [0.4, 0.5) is 9.59 Å². The largest absolute Gasteiger partial charge is 0.466 e. The highest BCUT2D eigenvalue weighted by Crippen LogP contribution is 2.30. The summed E-state index contributed by atoms with van der Waals surface area (Å²) in [6.07, 6.45) is 1.21. The van der Waals surface area contributed by atoms with Crippen molar-refractivity contribution < 1.29 is 33.1 Å². The molecule has 0 saturated carbocycles. The number of benzene rings is 1. The van der Waals surface area contributed by atoms with Gasteiger partial charge in [-0.05, 0) is 52.5 Å². The minimum atomic E-state index is -0.729. The van der Waals surface area contributed by atoms with Gasteiger partial charge in [0.05, 0.1) is 24.6 Å². The molecule has 1 aromatic carbocycles. The van der Waals surface area contributed by atoms with Crippen LogP contribution in [0.1, 0.15) is 64.8 Å². The Bertz CT molecular complexity index is 1140. The minimum absolute atomic E-state index is 0.0764. The Balaban J connectivity index is 1.77. The molecular formula is C27H38N4O8. The molecule has 0 bridgehead atoms. The molecule has 1 saturated heterocycles. The van der Waals surface area contributed by atoms with E-state index in [4.69, 9.17) is 14.2 Å². The normalized spacial score (nSPS) is 17.9. The van der Waals surface area contributed by atoms with Gasteiger partial charge in [0.2, 0.25) is 0 Å². The fourth-order valence-corrected chi connectivity index (χ4v) is 4.65. The topological polar surface area (TPSA) is 153 Å². The van der Waals surface area contributed by atoms with Gasteiger partial charge in [0.15, 0.2) is 5.82 Å². The number of esters is 1. The predicted octanol–water partition coefficient (Wildman–Crippen LogP) is 3.56. The molecule has 1 aromatic heterocycles. The van der Waals surface area contributed by atoms with Crippen molar-refractivity contribution in [1.82, 2.24) is 20.4 Å². The van der Waals surface area contributed by atoms with E-state index in [1.807, 2.05) is 30.3 Å². The number of rotatable bonds is 11. The lowest BCUT2D eigenvalue weighted by Crippen LogP contribution is -2.53. The number of amides is 2. The maximum Gasteiger partial charge on any atom is 0.438 e. The van der Waals surface area contributed by atoms with Crippen molar-refractivity contribution in [3.63, 3.8) is 0 Å². The molecule has 0 radical (unpaired) electrons. The third kappa shape index (κ3) is 9.15. The number of hydrogen-bond acceptors (Lipinski definition) is 9. The van der Waals surface area contributed by atoms with Crippen LogP contribution in [0.25, 0.3) is 0 Å². The summed E-state index contributed by atoms with van der Waals surface area (Å²) in [6.45, 7) is 7.53. The van der Waals surface area contributed by atoms with Gasteiger partial charge < -0.3 is 24.4 Å². The highest BCUT2D eigenvalue weighted by Gasteiger charge is 2.46. The molecule has 2 amide bonds. The molecule has 1 fully saturated rings. The van der Waals surface area contributed by atoms with E-state index in [2.05, 4.69) is 20.0 Å². The fraction of sp³-hybridized carbons (Fsp3) is 0.593. The zero-order chi connectivity index (χ0) is 28.4. The Morgan fingerprint density at radius 2 is 1.92 bits per heavy atom. The summed E-state index contributed by atoms with van der Waals surface area (Å²) in [5, 5.41) is 6.52. The predicted molar refractivity (Wildman–Crippen MR) is 140 cm³/mol. The van der Waals surface area contributed by atoms with Gasteiger partial charge in [0, 0.05) is 13.0 Å². The Kier molecular flexibility index (Phi) is 10.5. The lowest BCUT2D eigenvalue weighted by molar-refractivity contribution is -0.150. The van der Waals surface area contributed by atoms with Crippen molar-refractivity contribution in [2.24, 2.45) is 5.92 Å². The summed E-state index contributed by atoms with van der Waals surface area (Å²) in [4.78, 5) is 54.3. The van der Waals surface area contributed by atoms with Crippen LogP contribution in [-0.4, -0.2) is 64.0 Å². The number of H-pyrrole nitrogens is 1. The smallest absolute Gasteiger partial charge is 0.438 e. The van der Waals surface area contributed by atoms with E-state index in [9.17, 15) is 19.2 Å². The van der Waals surface area contributed by atoms with Gasteiger partial charge in [0.25, 0.3) is 0 Å². The van der Waals surface area contributed by atoms with Crippen molar-refractivity contribution in [1.29, 1.82) is 0 Å². The molecule has 214 valence electrons. The Morgan fingerprint density at radius 3 is 2.56 bits per heavy atom. The number of alkyl carbamates (subject to hydrolysis) is 1. The van der Waals surface area contributed by atoms with Gasteiger partial charge in [-0.15, -0.1) is 0 Å². The molecule has 3 atom stereocenters. The lowest BCUT2D eigenvalue weighted by Gasteiger charge is -2.33. The lowest BCUT2D eigenvalue weighted by atomic mass is 9.89. The average Bonchev–Trinajstić information content (AvgIpc) is 3.48. The average molecular weight is 547 g/mol. The molecular weight excluding hydrogens is 508 g/mol. The maximum absolute atomic E-state index is 13.2. The van der Waals surface area contributed by atoms with Crippen LogP contribution in [0.5, 0.6) is 0 Å². The first-order valence-electron chi connectivity index (χ1n) is 13.3. The van der Waals surface area contributed by atoms with Gasteiger partial charge in [-0.25, -0.2) is 14.4 Å². The summed E-state index contributed by atoms with van der Waals surface area (Å²) in [5.74, 6) is -1.39. The van der Waals surface area contributed by atoms with Gasteiger partial charge in [-0.1, -0.05) is 41.9 Å². The van der Waals surface area contributed by atoms with E-state index >= 15 is 0 Å². The minimum Gasteiger partial charge on any atom is -0.466 e. The second kappa shape index (κ2) is 13.8. The second-order valence-electron chi connectivity index (χ2n) is 10.4. The first-order chi connectivity index (χ1) is 18.6. The molecule has 3 rings (SSSR count). The number of hydrogen-bond donors (Lipinski definition) is 2. The summed E-state index contributed by atoms with van der Waals surface area (Å²) >= 11 is 0. The van der Waals surface area contributed by atoms with Crippen molar-refractivity contribution in [2.75, 3.05) is 13.2 Å². The van der Waals surface area contributed by atoms with Crippen molar-refractivity contribution in [3.05, 3.63) is 52.3 Å². The number of nitrogens with zero attached hydrogens (tertiary/aromatic N) is 2. The van der Waals surface area contributed by atoms with Crippen LogP contribution < -0.4 is 11.1 Å². The first-order valence-corrected chi connectivity index (χ1v) is 13.3. The summed E-state index contributed by atoms with van der Waals surface area (Å²) in [5.41, 5.74) is 0.118. The number of carbonyl (C=O) groups is 3. The fourth-order valence-electron chi connectivity index (χ4n) is 4.65. The van der Waals surface area contributed by atoms with Crippen LogP contribution in [0, 0.1) is 5.92 Å². The van der Waals surface area contributed by atoms with Crippen LogP contribution in [0.2, 0.25) is 0 Å². The van der Waals surface area contributed by atoms with Crippen LogP contribution in [0.15, 0.2) is 39.6 Å². The maximum atomic E-state index is 13.2. The highest BCUT2D eigenvalue weighted by molar-refractivity contribution is 5.77. The Morgan fingerprint density at radius 1 is 1.18 bits per heavy atom. The molecule has 12 nitrogen and oxygen atoms in total. The molecule has 39 heavy (non-hydrogen) atoms. The number of carbonyl (C=O) groups excluding carboxylic acids is 3. The van der Waals surface area contributed by atoms with Crippen molar-refractivity contribution in [2.45, 2.75) is 84.1 Å². The number of aromatic nitrogens is 2. The third-order valence-electron chi connectivity index (χ3n) is 6.26. The highest BCUT2D eigenvalue weighted by atomic mass is 16.6. The van der Waals surface area contributed by atoms with Gasteiger partial charge in [-0.3, -0.25) is 14.3 Å². The van der Waals surface area contributed by atoms with Crippen molar-refractivity contribution in [3.8, 4) is 0 Å². The van der Waals surface area contributed by atoms with Crippen LogP contribution >= 0.6 is 0 Å². The molecule has 1 aliphatic heterocycles. The zero-order valence-electron chi connectivity index (χ0n) is 22.9. The number of nitrogens with one attached hydrogen (secondary N) is 2. The Labute approximate surface area is 227 Å². The molecule has 12 heteroatoms. The molecule has 0 aliphatic carbocycles. The van der Waals surface area contributed by atoms with E-state index in [1.54, 1.807) is 27.7 Å². The van der Waals surface area contributed by atoms with E-state index in [0.29, 0.717) is 37.9 Å². The Hall–Kier alpha value is -3.83. The molecule has 0 spiro atoms. The van der Waals surface area contributed by atoms with E-state index in [1.165, 1.54) is 4.90 Å². The summed E-state index contributed by atoms with van der Waals surface area (Å²) < 4.78 is 21.0. The number of aromatic amines is 1. The summed E-state index contributed by atoms with van der Waals surface area (Å²) in [7, 11) is 0. The number of ether oxygens (including phenoxy) is 3. The number of aryl methyl sites for hydroxylation is 1. The SMILES string of the molecule is CCOC(=O)C(CCCCc1noc(=O)[nH]1)[C@@H]1[C@@H](NC(=O)OC(C)(C)C)CCN1C(=O)OCc1ccccc1. The van der Waals surface area contributed by atoms with E-state index in [0.717, 1.165) is 5.56 Å². The van der Waals surface area contributed by atoms with E-state index in [-0.39, 0.29) is 19.8 Å². The van der Waals surface area contributed by atoms with Crippen LogP contribution in [-0.2, 0) is 32.0 Å². The van der Waals surface area contributed by atoms with Crippen LogP contribution in [0.3, 0.4) is 0 Å². The van der Waals surface area contributed by atoms with Crippen molar-refractivity contribution >= 4 is 18.2 Å². The van der Waals surface area contributed by atoms with Gasteiger partial charge in [-0.2, -0.15) is 0 Å². The quantitative estimate of drug-likeness (QED) is 0.245. The first kappa shape index (κ1) is 29.7. The summed E-state index contributed by atoms with van der Waals surface area (Å²) in [6, 6.07) is 8.04. The molecule has 1 aliphatic rings. The number of likely N-dealkylation sites (tertiary alicyclic amines) is 1. The van der Waals surface area contributed by atoms with Gasteiger partial charge in [0.1, 0.15) is 12.2 Å². The number of unbranched alkanes of at least 4 members (excludes halogenated alkanes) is 1. The zero-order valence-corrected chi connectivity index (χ0v) is 22.9. The van der Waals surface area contributed by atoms with Gasteiger partial charge >= 0.3 is 23.9 Å². The third-order valence-corrected chi connectivity index (χ3v) is 6.26. The molecule has 2 N–H and O–H groups in total. The molecule has 2 aromatic rings. The molecule has 2 heterocycles. The second-order valence-corrected chi connectivity index (χ2v) is 10.4. The monoisotopic (exact) mass is 546 g/mol. The molecule has 1 unspecified atom stereocenters.